The Balaban J connectivity index is 0.000000325. The first-order chi connectivity index (χ1) is 50.0. The van der Waals surface area contributed by atoms with Crippen molar-refractivity contribution in [3.05, 3.63) is 89.5 Å². The zero-order chi connectivity index (χ0) is 71.6. The molecule has 0 unspecified atom stereocenters. The number of amidine groups is 3. The van der Waals surface area contributed by atoms with Gasteiger partial charge in [0.15, 0.2) is 0 Å². The second kappa shape index (κ2) is 64.8. The van der Waals surface area contributed by atoms with Crippen molar-refractivity contribution in [2.75, 3.05) is 138 Å². The summed E-state index contributed by atoms with van der Waals surface area (Å²) in [5, 5.41) is 10.1. The Kier molecular flexibility index (Phi) is 56.9. The van der Waals surface area contributed by atoms with Crippen LogP contribution in [0.2, 0.25) is 0 Å². The third kappa shape index (κ3) is 45.3. The maximum absolute atomic E-state index is 6.02. The maximum atomic E-state index is 6.02. The van der Waals surface area contributed by atoms with Crippen molar-refractivity contribution in [2.45, 2.75) is 284 Å². The van der Waals surface area contributed by atoms with Crippen molar-refractivity contribution >= 4 is 17.5 Å². The largest absolute Gasteiger partial charge is 0.494 e. The molecule has 15 heteroatoms. The van der Waals surface area contributed by atoms with E-state index in [0.29, 0.717) is 0 Å². The third-order valence-electron chi connectivity index (χ3n) is 19.7. The molecule has 576 valence electrons. The van der Waals surface area contributed by atoms with Gasteiger partial charge in [0, 0.05) is 95.2 Å². The van der Waals surface area contributed by atoms with Gasteiger partial charge in [0.2, 0.25) is 0 Å². The number of aliphatic imine (C=N–C) groups is 3. The first kappa shape index (κ1) is 88.6. The van der Waals surface area contributed by atoms with E-state index < -0.39 is 0 Å². The van der Waals surface area contributed by atoms with Gasteiger partial charge in [0.05, 0.1) is 39.5 Å². The first-order valence-corrected chi connectivity index (χ1v) is 42.3. The van der Waals surface area contributed by atoms with E-state index >= 15 is 0 Å². The monoisotopic (exact) mass is 1400 g/mol. The quantitative estimate of drug-likeness (QED) is 0.0294. The first-order valence-electron chi connectivity index (χ1n) is 42.3. The summed E-state index contributed by atoms with van der Waals surface area (Å²) < 4.78 is 17.9. The van der Waals surface area contributed by atoms with Gasteiger partial charge in [-0.2, -0.15) is 0 Å². The van der Waals surface area contributed by atoms with E-state index in [-0.39, 0.29) is 0 Å². The van der Waals surface area contributed by atoms with E-state index in [1.54, 1.807) is 0 Å². The Hall–Kier alpha value is -4.77. The lowest BCUT2D eigenvalue weighted by molar-refractivity contribution is 0.304. The molecule has 3 aliphatic heterocycles. The van der Waals surface area contributed by atoms with Gasteiger partial charge in [-0.15, -0.1) is 0 Å². The highest BCUT2D eigenvalue weighted by Gasteiger charge is 2.21. The molecule has 0 amide bonds. The minimum absolute atomic E-state index is 0.719. The Bertz CT molecular complexity index is 2410. The number of nitrogens with two attached hydrogens (primary N) is 3. The molecule has 0 saturated heterocycles. The lowest BCUT2D eigenvalue weighted by Crippen LogP contribution is -2.29. The maximum Gasteiger partial charge on any atom is 0.131 e. The summed E-state index contributed by atoms with van der Waals surface area (Å²) in [4.78, 5) is 21.6. The van der Waals surface area contributed by atoms with Crippen molar-refractivity contribution in [1.29, 1.82) is 0 Å². The van der Waals surface area contributed by atoms with Crippen LogP contribution in [0.4, 0.5) is 0 Å². The highest BCUT2D eigenvalue weighted by molar-refractivity contribution is 6.01. The fourth-order valence-corrected chi connectivity index (χ4v) is 13.6. The number of rotatable bonds is 65. The smallest absolute Gasteiger partial charge is 0.131 e. The van der Waals surface area contributed by atoms with Gasteiger partial charge in [0.1, 0.15) is 34.8 Å². The van der Waals surface area contributed by atoms with E-state index in [2.05, 4.69) is 124 Å². The van der Waals surface area contributed by atoms with Crippen molar-refractivity contribution in [2.24, 2.45) is 32.2 Å². The number of benzene rings is 3. The number of hydrogen-bond donors (Lipinski definition) is 6. The van der Waals surface area contributed by atoms with Crippen LogP contribution in [0, 0.1) is 0 Å². The average Bonchev–Trinajstić information content (AvgIpc) is 1.77. The zero-order valence-corrected chi connectivity index (χ0v) is 65.4. The summed E-state index contributed by atoms with van der Waals surface area (Å²) in [6.45, 7) is 26.5. The summed E-state index contributed by atoms with van der Waals surface area (Å²) in [5.74, 6) is 6.38. The Labute approximate surface area is 619 Å². The fourth-order valence-electron chi connectivity index (χ4n) is 13.6. The molecule has 6 rings (SSSR count). The average molecular weight is 1400 g/mol. The van der Waals surface area contributed by atoms with Gasteiger partial charge < -0.3 is 62.1 Å². The highest BCUT2D eigenvalue weighted by Crippen LogP contribution is 2.23. The minimum Gasteiger partial charge on any atom is -0.494 e. The molecule has 0 fully saturated rings. The van der Waals surface area contributed by atoms with E-state index in [1.165, 1.54) is 261 Å². The zero-order valence-electron chi connectivity index (χ0n) is 65.4. The second-order valence-electron chi connectivity index (χ2n) is 28.7. The molecule has 101 heavy (non-hydrogen) atoms. The highest BCUT2D eigenvalue weighted by atomic mass is 16.5. The normalized spacial score (nSPS) is 13.5. The number of nitrogens with one attached hydrogen (secondary N) is 3. The van der Waals surface area contributed by atoms with Gasteiger partial charge in [0.25, 0.3) is 0 Å². The number of nitrogens with zero attached hydrogens (tertiary/aromatic N) is 6. The summed E-state index contributed by atoms with van der Waals surface area (Å²) in [6, 6.07) is 25.6. The number of hydrogen-bond acceptors (Lipinski definition) is 15. The molecule has 0 aliphatic carbocycles. The topological polar surface area (TPSA) is 189 Å². The predicted octanol–water partition coefficient (Wildman–Crippen LogP) is 18.1. The minimum atomic E-state index is 0.719. The summed E-state index contributed by atoms with van der Waals surface area (Å²) >= 11 is 0. The molecule has 0 spiro atoms. The van der Waals surface area contributed by atoms with Crippen LogP contribution in [0.15, 0.2) is 87.8 Å². The van der Waals surface area contributed by atoms with Crippen LogP contribution in [-0.4, -0.2) is 170 Å². The van der Waals surface area contributed by atoms with Crippen LogP contribution >= 0.6 is 0 Å². The van der Waals surface area contributed by atoms with Crippen LogP contribution in [0.5, 0.6) is 17.2 Å². The fraction of sp³-hybridized carbons (Fsp3) is 0.756. The predicted molar refractivity (Wildman–Crippen MR) is 437 cm³/mol. The van der Waals surface area contributed by atoms with Crippen LogP contribution in [0.1, 0.15) is 301 Å². The number of unbranched alkanes of at least 4 members (excludes halogenated alkanes) is 35. The van der Waals surface area contributed by atoms with Crippen molar-refractivity contribution in [1.82, 2.24) is 30.7 Å². The molecule has 3 aliphatic rings. The molecule has 0 radical (unpaired) electrons. The summed E-state index contributed by atoms with van der Waals surface area (Å²) in [5.41, 5.74) is 20.2. The van der Waals surface area contributed by atoms with E-state index in [0.717, 1.165) is 192 Å². The summed E-state index contributed by atoms with van der Waals surface area (Å²) in [7, 11) is 0. The molecule has 3 aromatic carbocycles. The van der Waals surface area contributed by atoms with Crippen LogP contribution in [0.25, 0.3) is 0 Å². The third-order valence-corrected chi connectivity index (χ3v) is 19.7. The SMILES string of the molecule is CCCCCCCCCCCCCCCCCCOc1ccc(C2=NCCN2CCCCCNCCN)cc1.CCCCCCCCCCCCOc1ccc(C2=NCCN2CCCCCNCCN)cc1.CCCCCCCCOc1ccc(C2=NCCN2CCCCCNCCN)cc1. The van der Waals surface area contributed by atoms with Gasteiger partial charge in [-0.05, 0) is 150 Å². The van der Waals surface area contributed by atoms with Crippen LogP contribution < -0.4 is 47.4 Å². The second-order valence-corrected chi connectivity index (χ2v) is 28.7. The van der Waals surface area contributed by atoms with Gasteiger partial charge in [-0.1, -0.05) is 226 Å². The van der Waals surface area contributed by atoms with Gasteiger partial charge in [-0.3, -0.25) is 15.0 Å². The molecular weight excluding hydrogens is 1250 g/mol. The Morgan fingerprint density at radius 3 is 0.723 bits per heavy atom. The lowest BCUT2D eigenvalue weighted by Gasteiger charge is -2.20. The van der Waals surface area contributed by atoms with Gasteiger partial charge >= 0.3 is 0 Å². The molecule has 0 saturated carbocycles. The van der Waals surface area contributed by atoms with Crippen LogP contribution in [0.3, 0.4) is 0 Å². The Morgan fingerprint density at radius 2 is 0.495 bits per heavy atom. The summed E-state index contributed by atoms with van der Waals surface area (Å²) in [6.07, 6.45) is 54.7. The molecule has 3 heterocycles. The van der Waals surface area contributed by atoms with Crippen molar-refractivity contribution in [3.8, 4) is 17.2 Å². The standard InChI is InChI=1S/C34H62N4O.C28H50N4O.C24H42N4O/c1-2-3-4-5-6-7-8-9-10-11-12-13-14-15-16-20-31-39-33-23-21-32(22-24-33)34-37-28-30-38(34)29-19-17-18-26-36-27-25-35;1-2-3-4-5-6-7-8-9-10-14-25-33-27-17-15-26(16-18-27)28-31-22-24-32(28)23-13-11-12-20-30-21-19-29;1-2-3-4-5-6-10-21-29-23-13-11-22(12-14-23)24-27-18-20-28(24)19-9-7-8-16-26-17-15-25/h21-24,36H,2-20,25-31,35H2,1H3;15-18,30H,2-14,19-25,29H2,1H3;11-14,26H,2-10,15-21,25H2,1H3. The lowest BCUT2D eigenvalue weighted by atomic mass is 10.0. The molecule has 0 bridgehead atoms. The van der Waals surface area contributed by atoms with Crippen LogP contribution in [-0.2, 0) is 0 Å². The molecule has 0 atom stereocenters. The van der Waals surface area contributed by atoms with E-state index in [1.807, 2.05) is 0 Å². The van der Waals surface area contributed by atoms with E-state index in [4.69, 9.17) is 46.4 Å². The number of ether oxygens (including phenoxy) is 3. The molecule has 0 aromatic heterocycles. The Morgan fingerprint density at radius 1 is 0.277 bits per heavy atom. The van der Waals surface area contributed by atoms with Crippen molar-refractivity contribution < 1.29 is 14.2 Å². The van der Waals surface area contributed by atoms with E-state index in [9.17, 15) is 0 Å². The van der Waals surface area contributed by atoms with Gasteiger partial charge in [-0.25, -0.2) is 0 Å². The molecule has 9 N–H and O–H groups in total. The molecule has 3 aromatic rings. The molecule has 15 nitrogen and oxygen atoms in total. The van der Waals surface area contributed by atoms with Crippen molar-refractivity contribution in [3.63, 3.8) is 0 Å². The molecular formula is C86H154N12O3.